The molecule has 0 aliphatic rings. The largest absolute Gasteiger partial charge is 0.358 e. The molecule has 0 aliphatic carbocycles. The van der Waals surface area contributed by atoms with Crippen LogP contribution < -0.4 is 5.32 Å². The van der Waals surface area contributed by atoms with Gasteiger partial charge in [0.05, 0.1) is 12.6 Å². The maximum absolute atomic E-state index is 12.3. The summed E-state index contributed by atoms with van der Waals surface area (Å²) in [5.41, 5.74) is 4.15. The molecule has 0 unspecified atom stereocenters. The standard InChI is InChI=1S/C16H18N4O/c1-3-11-9-17-20-16(11)19-15(21)8-13-10(2)18-14-7-5-4-6-12(13)14/h4-7,9,18H,3,8H2,1-2H3,(H2,17,19,20,21). The van der Waals surface area contributed by atoms with Gasteiger partial charge in [0.1, 0.15) is 5.82 Å². The lowest BCUT2D eigenvalue weighted by Crippen LogP contribution is -2.16. The SMILES string of the molecule is CCc1cn[nH]c1NC(=O)Cc1c(C)[nH]c2ccccc12. The van der Waals surface area contributed by atoms with E-state index in [9.17, 15) is 4.79 Å². The van der Waals surface area contributed by atoms with Crippen LogP contribution in [-0.2, 0) is 17.6 Å². The fraction of sp³-hybridized carbons (Fsp3) is 0.250. The monoisotopic (exact) mass is 282 g/mol. The first-order valence-corrected chi connectivity index (χ1v) is 7.07. The van der Waals surface area contributed by atoms with Crippen molar-refractivity contribution in [3.63, 3.8) is 0 Å². The number of para-hydroxylation sites is 1. The van der Waals surface area contributed by atoms with Crippen molar-refractivity contribution in [2.24, 2.45) is 0 Å². The number of nitrogens with one attached hydrogen (secondary N) is 3. The number of carbonyl (C=O) groups excluding carboxylic acids is 1. The van der Waals surface area contributed by atoms with E-state index >= 15 is 0 Å². The van der Waals surface area contributed by atoms with Crippen LogP contribution in [0.1, 0.15) is 23.7 Å². The summed E-state index contributed by atoms with van der Waals surface area (Å²) in [7, 11) is 0. The third-order valence-corrected chi connectivity index (χ3v) is 3.73. The predicted molar refractivity (Wildman–Crippen MR) is 83.3 cm³/mol. The van der Waals surface area contributed by atoms with Gasteiger partial charge in [-0.25, -0.2) is 0 Å². The Morgan fingerprint density at radius 2 is 2.14 bits per heavy atom. The minimum atomic E-state index is -0.0400. The quantitative estimate of drug-likeness (QED) is 0.688. The normalized spacial score (nSPS) is 11.0. The van der Waals surface area contributed by atoms with Gasteiger partial charge in [-0.05, 0) is 25.0 Å². The minimum absolute atomic E-state index is 0.0400. The summed E-state index contributed by atoms with van der Waals surface area (Å²) in [6.45, 7) is 4.03. The molecule has 21 heavy (non-hydrogen) atoms. The minimum Gasteiger partial charge on any atom is -0.358 e. The van der Waals surface area contributed by atoms with E-state index in [4.69, 9.17) is 0 Å². The first-order chi connectivity index (χ1) is 10.2. The highest BCUT2D eigenvalue weighted by molar-refractivity contribution is 5.96. The Hall–Kier alpha value is -2.56. The number of hydrogen-bond donors (Lipinski definition) is 3. The molecule has 0 aliphatic heterocycles. The number of rotatable bonds is 4. The molecule has 0 spiro atoms. The molecule has 5 heteroatoms. The third-order valence-electron chi connectivity index (χ3n) is 3.73. The van der Waals surface area contributed by atoms with Crippen LogP contribution >= 0.6 is 0 Å². The number of amides is 1. The predicted octanol–water partition coefficient (Wildman–Crippen LogP) is 2.94. The van der Waals surface area contributed by atoms with E-state index in [0.717, 1.165) is 34.1 Å². The van der Waals surface area contributed by atoms with Crippen LogP contribution in [0.15, 0.2) is 30.5 Å². The Kier molecular flexibility index (Phi) is 3.48. The van der Waals surface area contributed by atoms with Gasteiger partial charge in [-0.1, -0.05) is 25.1 Å². The summed E-state index contributed by atoms with van der Waals surface area (Å²) in [6, 6.07) is 8.03. The molecule has 2 heterocycles. The second kappa shape index (κ2) is 5.44. The van der Waals surface area contributed by atoms with Gasteiger partial charge in [-0.3, -0.25) is 9.89 Å². The van der Waals surface area contributed by atoms with Crippen LogP contribution in [0.5, 0.6) is 0 Å². The molecular weight excluding hydrogens is 264 g/mol. The molecule has 0 saturated heterocycles. The Bertz CT molecular complexity index is 785. The molecule has 5 nitrogen and oxygen atoms in total. The zero-order valence-corrected chi connectivity index (χ0v) is 12.2. The van der Waals surface area contributed by atoms with E-state index < -0.39 is 0 Å². The number of anilines is 1. The second-order valence-corrected chi connectivity index (χ2v) is 5.12. The number of aromatic nitrogens is 3. The van der Waals surface area contributed by atoms with Crippen molar-refractivity contribution in [2.45, 2.75) is 26.7 Å². The maximum Gasteiger partial charge on any atom is 0.230 e. The Morgan fingerprint density at radius 3 is 2.95 bits per heavy atom. The molecule has 1 amide bonds. The Morgan fingerprint density at radius 1 is 1.33 bits per heavy atom. The lowest BCUT2D eigenvalue weighted by molar-refractivity contribution is -0.115. The van der Waals surface area contributed by atoms with Crippen molar-refractivity contribution in [1.82, 2.24) is 15.2 Å². The number of nitrogens with zero attached hydrogens (tertiary/aromatic N) is 1. The number of fused-ring (bicyclic) bond motifs is 1. The second-order valence-electron chi connectivity index (χ2n) is 5.12. The van der Waals surface area contributed by atoms with Crippen molar-refractivity contribution < 1.29 is 4.79 Å². The lowest BCUT2D eigenvalue weighted by Gasteiger charge is -2.05. The average Bonchev–Trinajstić information content (AvgIpc) is 3.04. The van der Waals surface area contributed by atoms with Crippen molar-refractivity contribution in [2.75, 3.05) is 5.32 Å². The molecule has 108 valence electrons. The molecule has 3 aromatic rings. The molecule has 0 fully saturated rings. The van der Waals surface area contributed by atoms with Crippen LogP contribution in [0, 0.1) is 6.92 Å². The van der Waals surface area contributed by atoms with Crippen LogP contribution in [0.4, 0.5) is 5.82 Å². The van der Waals surface area contributed by atoms with Gasteiger partial charge in [0, 0.05) is 22.2 Å². The first-order valence-electron chi connectivity index (χ1n) is 7.07. The summed E-state index contributed by atoms with van der Waals surface area (Å²) in [5.74, 6) is 0.654. The van der Waals surface area contributed by atoms with Crippen LogP contribution in [0.2, 0.25) is 0 Å². The molecule has 3 N–H and O–H groups in total. The topological polar surface area (TPSA) is 73.6 Å². The molecule has 3 rings (SSSR count). The molecule has 0 atom stereocenters. The van der Waals surface area contributed by atoms with Crippen LogP contribution in [0.25, 0.3) is 10.9 Å². The average molecular weight is 282 g/mol. The summed E-state index contributed by atoms with van der Waals surface area (Å²) >= 11 is 0. The number of benzene rings is 1. The van der Waals surface area contributed by atoms with Crippen molar-refractivity contribution >= 4 is 22.6 Å². The Balaban J connectivity index is 1.82. The van der Waals surface area contributed by atoms with Crippen molar-refractivity contribution in [1.29, 1.82) is 0 Å². The molecule has 0 saturated carbocycles. The zero-order valence-electron chi connectivity index (χ0n) is 12.2. The van der Waals surface area contributed by atoms with Gasteiger partial charge >= 0.3 is 0 Å². The fourth-order valence-corrected chi connectivity index (χ4v) is 2.59. The summed E-state index contributed by atoms with van der Waals surface area (Å²) < 4.78 is 0. The Labute approximate surface area is 122 Å². The van der Waals surface area contributed by atoms with E-state index in [1.165, 1.54) is 0 Å². The van der Waals surface area contributed by atoms with E-state index in [2.05, 4.69) is 20.5 Å². The third kappa shape index (κ3) is 2.54. The number of hydrogen-bond acceptors (Lipinski definition) is 2. The lowest BCUT2D eigenvalue weighted by atomic mass is 10.1. The molecular formula is C16H18N4O. The van der Waals surface area contributed by atoms with Crippen LogP contribution in [0.3, 0.4) is 0 Å². The molecule has 0 bridgehead atoms. The smallest absolute Gasteiger partial charge is 0.230 e. The number of aromatic amines is 2. The van der Waals surface area contributed by atoms with Gasteiger partial charge in [-0.15, -0.1) is 0 Å². The van der Waals surface area contributed by atoms with Gasteiger partial charge in [-0.2, -0.15) is 5.10 Å². The number of H-pyrrole nitrogens is 2. The number of carbonyl (C=O) groups is 1. The molecule has 0 radical (unpaired) electrons. The van der Waals surface area contributed by atoms with Gasteiger partial charge in [0.15, 0.2) is 0 Å². The first kappa shape index (κ1) is 13.4. The summed E-state index contributed by atoms with van der Waals surface area (Å²) in [4.78, 5) is 15.6. The highest BCUT2D eigenvalue weighted by Crippen LogP contribution is 2.22. The van der Waals surface area contributed by atoms with Gasteiger partial charge in [0.25, 0.3) is 0 Å². The highest BCUT2D eigenvalue weighted by atomic mass is 16.1. The van der Waals surface area contributed by atoms with E-state index in [1.54, 1.807) is 6.20 Å². The molecule has 1 aromatic carbocycles. The zero-order chi connectivity index (χ0) is 14.8. The van der Waals surface area contributed by atoms with E-state index in [0.29, 0.717) is 12.2 Å². The van der Waals surface area contributed by atoms with Crippen molar-refractivity contribution in [3.8, 4) is 0 Å². The van der Waals surface area contributed by atoms with E-state index in [1.807, 2.05) is 38.1 Å². The number of aryl methyl sites for hydroxylation is 2. The van der Waals surface area contributed by atoms with Crippen LogP contribution in [-0.4, -0.2) is 21.1 Å². The van der Waals surface area contributed by atoms with Crippen molar-refractivity contribution in [3.05, 3.63) is 47.3 Å². The fourth-order valence-electron chi connectivity index (χ4n) is 2.59. The maximum atomic E-state index is 12.3. The highest BCUT2D eigenvalue weighted by Gasteiger charge is 2.13. The van der Waals surface area contributed by atoms with Gasteiger partial charge < -0.3 is 10.3 Å². The summed E-state index contributed by atoms with van der Waals surface area (Å²) in [5, 5.41) is 10.8. The van der Waals surface area contributed by atoms with Gasteiger partial charge in [0.2, 0.25) is 5.91 Å². The molecule has 2 aromatic heterocycles. The summed E-state index contributed by atoms with van der Waals surface area (Å²) in [6.07, 6.45) is 2.92. The van der Waals surface area contributed by atoms with E-state index in [-0.39, 0.29) is 5.91 Å².